The van der Waals surface area contributed by atoms with E-state index in [2.05, 4.69) is 22.8 Å². The summed E-state index contributed by atoms with van der Waals surface area (Å²) in [5, 5.41) is 13.7. The van der Waals surface area contributed by atoms with E-state index < -0.39 is 29.4 Å². The van der Waals surface area contributed by atoms with Crippen LogP contribution in [0.2, 0.25) is 0 Å². The van der Waals surface area contributed by atoms with Crippen LogP contribution in [0.5, 0.6) is 0 Å². The third-order valence-electron chi connectivity index (χ3n) is 6.15. The van der Waals surface area contributed by atoms with Crippen LogP contribution in [0.25, 0.3) is 11.1 Å². The number of rotatable bonds is 10. The molecule has 2 unspecified atom stereocenters. The zero-order chi connectivity index (χ0) is 26.4. The Morgan fingerprint density at radius 2 is 1.43 bits per heavy atom. The van der Waals surface area contributed by atoms with E-state index >= 15 is 0 Å². The number of amides is 2. The van der Waals surface area contributed by atoms with Crippen molar-refractivity contribution >= 4 is 29.7 Å². The smallest absolute Gasteiger partial charge is 0.407 e. The third kappa shape index (κ3) is 6.51. The first-order valence-corrected chi connectivity index (χ1v) is 13.1. The molecule has 1 aliphatic carbocycles. The summed E-state index contributed by atoms with van der Waals surface area (Å²) in [6.45, 7) is 3.97. The Morgan fingerprint density at radius 3 is 2.00 bits per heavy atom. The number of hydrogen-bond donors (Lipinski definition) is 3. The Hall–Kier alpha value is -3.78. The molecule has 3 aromatic rings. The highest BCUT2D eigenvalue weighted by Gasteiger charge is 2.31. The summed E-state index contributed by atoms with van der Waals surface area (Å²) in [7, 11) is 0. The number of carbonyl (C=O) groups is 3. The van der Waals surface area contributed by atoms with E-state index in [4.69, 9.17) is 4.74 Å². The molecule has 2 amide bonds. The van der Waals surface area contributed by atoms with Crippen molar-refractivity contribution in [3.63, 3.8) is 0 Å². The van der Waals surface area contributed by atoms with Crippen molar-refractivity contribution < 1.29 is 24.2 Å². The Kier molecular flexibility index (Phi) is 8.50. The molecule has 3 aromatic carbocycles. The SMILES string of the molecule is CC(C)CC(NC(=O)OCC1c2ccccc2-c2ccccc21)C(=O)NC(Sc1ccccc1)C(=O)O. The number of ether oxygens (including phenoxy) is 1. The van der Waals surface area contributed by atoms with Gasteiger partial charge < -0.3 is 20.5 Å². The highest BCUT2D eigenvalue weighted by Crippen LogP contribution is 2.44. The molecule has 0 aliphatic heterocycles. The van der Waals surface area contributed by atoms with Crippen molar-refractivity contribution in [2.45, 2.75) is 42.5 Å². The van der Waals surface area contributed by atoms with Gasteiger partial charge in [0.05, 0.1) is 0 Å². The molecule has 0 heterocycles. The molecule has 1 aliphatic rings. The molecule has 8 heteroatoms. The fraction of sp³-hybridized carbons (Fsp3) is 0.276. The molecule has 7 nitrogen and oxygen atoms in total. The highest BCUT2D eigenvalue weighted by atomic mass is 32.2. The Balaban J connectivity index is 1.41. The van der Waals surface area contributed by atoms with Gasteiger partial charge in [0, 0.05) is 10.8 Å². The highest BCUT2D eigenvalue weighted by molar-refractivity contribution is 8.00. The fourth-order valence-electron chi connectivity index (χ4n) is 4.49. The first-order chi connectivity index (χ1) is 17.8. The zero-order valence-corrected chi connectivity index (χ0v) is 21.5. The summed E-state index contributed by atoms with van der Waals surface area (Å²) < 4.78 is 5.60. The van der Waals surface area contributed by atoms with E-state index in [1.165, 1.54) is 0 Å². The lowest BCUT2D eigenvalue weighted by atomic mass is 9.98. The first-order valence-electron chi connectivity index (χ1n) is 12.2. The molecule has 192 valence electrons. The van der Waals surface area contributed by atoms with Crippen molar-refractivity contribution in [2.24, 2.45) is 5.92 Å². The predicted molar refractivity (Wildman–Crippen MR) is 143 cm³/mol. The average molecular weight is 519 g/mol. The normalized spacial score (nSPS) is 13.8. The van der Waals surface area contributed by atoms with E-state index in [0.29, 0.717) is 11.3 Å². The summed E-state index contributed by atoms with van der Waals surface area (Å²) in [6, 6.07) is 24.1. The number of thioether (sulfide) groups is 1. The van der Waals surface area contributed by atoms with Crippen LogP contribution in [-0.4, -0.2) is 41.1 Å². The molecule has 3 N–H and O–H groups in total. The Morgan fingerprint density at radius 1 is 0.865 bits per heavy atom. The van der Waals surface area contributed by atoms with Crippen molar-refractivity contribution in [1.82, 2.24) is 10.6 Å². The molecule has 0 saturated carbocycles. The van der Waals surface area contributed by atoms with Crippen LogP contribution in [0.1, 0.15) is 37.3 Å². The van der Waals surface area contributed by atoms with E-state index in [-0.39, 0.29) is 18.4 Å². The van der Waals surface area contributed by atoms with Crippen LogP contribution in [0, 0.1) is 5.92 Å². The van der Waals surface area contributed by atoms with Gasteiger partial charge in [0.15, 0.2) is 5.37 Å². The second-order valence-electron chi connectivity index (χ2n) is 9.31. The van der Waals surface area contributed by atoms with Crippen LogP contribution in [-0.2, 0) is 14.3 Å². The summed E-state index contributed by atoms with van der Waals surface area (Å²) in [5.74, 6) is -1.77. The maximum Gasteiger partial charge on any atom is 0.407 e. The molecule has 37 heavy (non-hydrogen) atoms. The van der Waals surface area contributed by atoms with Crippen molar-refractivity contribution in [2.75, 3.05) is 6.61 Å². The summed E-state index contributed by atoms with van der Waals surface area (Å²) in [5.41, 5.74) is 4.44. The number of carboxylic acids is 1. The van der Waals surface area contributed by atoms with Gasteiger partial charge in [-0.3, -0.25) is 4.79 Å². The van der Waals surface area contributed by atoms with Gasteiger partial charge in [-0.1, -0.05) is 92.3 Å². The van der Waals surface area contributed by atoms with Crippen LogP contribution < -0.4 is 10.6 Å². The minimum absolute atomic E-state index is 0.0784. The van der Waals surface area contributed by atoms with Crippen LogP contribution in [0.4, 0.5) is 4.79 Å². The summed E-state index contributed by atoms with van der Waals surface area (Å²) >= 11 is 1.02. The average Bonchev–Trinajstić information content (AvgIpc) is 3.20. The van der Waals surface area contributed by atoms with Gasteiger partial charge in [-0.05, 0) is 46.7 Å². The summed E-state index contributed by atoms with van der Waals surface area (Å²) in [4.78, 5) is 38.4. The van der Waals surface area contributed by atoms with E-state index in [1.807, 2.05) is 56.3 Å². The number of benzene rings is 3. The van der Waals surface area contributed by atoms with E-state index in [1.54, 1.807) is 24.3 Å². The van der Waals surface area contributed by atoms with Crippen molar-refractivity contribution in [3.05, 3.63) is 90.0 Å². The third-order valence-corrected chi connectivity index (χ3v) is 7.25. The Labute approximate surface area is 220 Å². The van der Waals surface area contributed by atoms with Gasteiger partial charge in [0.2, 0.25) is 5.91 Å². The summed E-state index contributed by atoms with van der Waals surface area (Å²) in [6.07, 6.45) is -0.386. The monoisotopic (exact) mass is 518 g/mol. The largest absolute Gasteiger partial charge is 0.479 e. The number of carboxylic acid groups (broad SMARTS) is 1. The molecule has 0 fully saturated rings. The molecule has 2 atom stereocenters. The number of carbonyl (C=O) groups excluding carboxylic acids is 2. The second kappa shape index (κ2) is 12.0. The quantitative estimate of drug-likeness (QED) is 0.250. The zero-order valence-electron chi connectivity index (χ0n) is 20.7. The van der Waals surface area contributed by atoms with Crippen LogP contribution in [0.3, 0.4) is 0 Å². The molecule has 4 rings (SSSR count). The van der Waals surface area contributed by atoms with E-state index in [0.717, 1.165) is 34.0 Å². The minimum Gasteiger partial charge on any atom is -0.479 e. The molecule has 0 aromatic heterocycles. The van der Waals surface area contributed by atoms with Crippen molar-refractivity contribution in [1.29, 1.82) is 0 Å². The number of hydrogen-bond acceptors (Lipinski definition) is 5. The lowest BCUT2D eigenvalue weighted by molar-refractivity contribution is -0.139. The molecule has 0 spiro atoms. The fourth-order valence-corrected chi connectivity index (χ4v) is 5.35. The number of nitrogens with one attached hydrogen (secondary N) is 2. The van der Waals surface area contributed by atoms with E-state index in [9.17, 15) is 19.5 Å². The molecular formula is C29H30N2O5S. The van der Waals surface area contributed by atoms with Crippen LogP contribution in [0.15, 0.2) is 83.8 Å². The lowest BCUT2D eigenvalue weighted by Crippen LogP contribution is -2.51. The van der Waals surface area contributed by atoms with Gasteiger partial charge in [0.1, 0.15) is 12.6 Å². The van der Waals surface area contributed by atoms with Crippen LogP contribution >= 0.6 is 11.8 Å². The number of aliphatic carboxylic acids is 1. The molecule has 0 saturated heterocycles. The van der Waals surface area contributed by atoms with Gasteiger partial charge in [-0.2, -0.15) is 0 Å². The second-order valence-corrected chi connectivity index (χ2v) is 10.5. The first kappa shape index (κ1) is 26.3. The van der Waals surface area contributed by atoms with Gasteiger partial charge in [0.25, 0.3) is 0 Å². The van der Waals surface area contributed by atoms with Crippen molar-refractivity contribution in [3.8, 4) is 11.1 Å². The van der Waals surface area contributed by atoms with Gasteiger partial charge in [-0.15, -0.1) is 0 Å². The maximum absolute atomic E-state index is 13.0. The molecule has 0 bridgehead atoms. The van der Waals surface area contributed by atoms with Gasteiger partial charge >= 0.3 is 12.1 Å². The maximum atomic E-state index is 13.0. The minimum atomic E-state index is -1.20. The molecule has 0 radical (unpaired) electrons. The molecular weight excluding hydrogens is 488 g/mol. The lowest BCUT2D eigenvalue weighted by Gasteiger charge is -2.23. The topological polar surface area (TPSA) is 105 Å². The van der Waals surface area contributed by atoms with Gasteiger partial charge in [-0.25, -0.2) is 9.59 Å². The standard InChI is InChI=1S/C29H30N2O5S/c1-18(2)16-25(26(32)31-27(28(33)34)37-19-10-4-3-5-11-19)30-29(35)36-17-24-22-14-8-6-12-20(22)21-13-7-9-15-23(21)24/h3-15,18,24-25,27H,16-17H2,1-2H3,(H,30,35)(H,31,32)(H,33,34). The number of alkyl carbamates (subject to hydrolysis) is 1. The number of fused-ring (bicyclic) bond motifs is 3. The predicted octanol–water partition coefficient (Wildman–Crippen LogP) is 5.26. The Bertz CT molecular complexity index is 1220.